The quantitative estimate of drug-likeness (QED) is 0.726. The summed E-state index contributed by atoms with van der Waals surface area (Å²) in [5, 5.41) is 4.45. The number of piperidine rings is 1. The Balaban J connectivity index is 1.57. The third-order valence-electron chi connectivity index (χ3n) is 6.13. The van der Waals surface area contributed by atoms with Crippen LogP contribution in [0.5, 0.6) is 0 Å². The van der Waals surface area contributed by atoms with Crippen molar-refractivity contribution < 1.29 is 4.79 Å². The summed E-state index contributed by atoms with van der Waals surface area (Å²) in [6.07, 6.45) is 9.75. The van der Waals surface area contributed by atoms with Gasteiger partial charge in [0.25, 0.3) is 0 Å². The maximum absolute atomic E-state index is 13.1. The predicted molar refractivity (Wildman–Crippen MR) is 122 cm³/mol. The number of carbonyl (C=O) groups is 1. The number of hydrogen-bond acceptors (Lipinski definition) is 6. The van der Waals surface area contributed by atoms with Gasteiger partial charge in [-0.2, -0.15) is 0 Å². The minimum absolute atomic E-state index is 0.233. The van der Waals surface area contributed by atoms with Crippen LogP contribution in [0.2, 0.25) is 0 Å². The zero-order chi connectivity index (χ0) is 21.1. The predicted octanol–water partition coefficient (Wildman–Crippen LogP) is 5.02. The number of anilines is 1. The van der Waals surface area contributed by atoms with Crippen molar-refractivity contribution in [3.63, 3.8) is 0 Å². The highest BCUT2D eigenvalue weighted by Crippen LogP contribution is 2.32. The molecule has 1 N–H and O–H groups in total. The number of hydrogen-bond donors (Lipinski definition) is 1. The molecule has 0 spiro atoms. The minimum atomic E-state index is 0.233. The van der Waals surface area contributed by atoms with Crippen LogP contribution in [0.4, 0.5) is 5.82 Å². The molecule has 0 aromatic carbocycles. The third kappa shape index (κ3) is 4.99. The highest BCUT2D eigenvalue weighted by molar-refractivity contribution is 7.14. The molecule has 2 aromatic rings. The molecule has 0 radical (unpaired) electrons. The summed E-state index contributed by atoms with van der Waals surface area (Å²) in [7, 11) is 0. The molecular weight excluding hydrogens is 394 g/mol. The van der Waals surface area contributed by atoms with Crippen molar-refractivity contribution in [1.29, 1.82) is 0 Å². The minimum Gasteiger partial charge on any atom is -0.368 e. The van der Waals surface area contributed by atoms with Gasteiger partial charge in [0.05, 0.1) is 15.6 Å². The van der Waals surface area contributed by atoms with E-state index in [1.165, 1.54) is 19.3 Å². The number of nitrogens with zero attached hydrogens (tertiary/aromatic N) is 4. The Morgan fingerprint density at radius 1 is 1.17 bits per heavy atom. The van der Waals surface area contributed by atoms with E-state index in [9.17, 15) is 4.79 Å². The third-order valence-corrected chi connectivity index (χ3v) is 7.04. The van der Waals surface area contributed by atoms with Gasteiger partial charge in [0.1, 0.15) is 5.82 Å². The van der Waals surface area contributed by atoms with Crippen LogP contribution in [-0.4, -0.2) is 44.9 Å². The van der Waals surface area contributed by atoms with Gasteiger partial charge in [-0.05, 0) is 46.5 Å². The summed E-state index contributed by atoms with van der Waals surface area (Å²) in [5.41, 5.74) is 1.04. The molecule has 1 aliphatic carbocycles. The van der Waals surface area contributed by atoms with E-state index in [1.807, 2.05) is 13.1 Å². The van der Waals surface area contributed by atoms with Crippen LogP contribution in [-0.2, 0) is 4.79 Å². The highest BCUT2D eigenvalue weighted by atomic mass is 32.1. The van der Waals surface area contributed by atoms with E-state index in [-0.39, 0.29) is 11.8 Å². The van der Waals surface area contributed by atoms with Crippen LogP contribution < -0.4 is 5.32 Å². The Bertz CT molecular complexity index is 874. The molecule has 162 valence electrons. The summed E-state index contributed by atoms with van der Waals surface area (Å²) in [5.74, 6) is 2.45. The maximum Gasteiger partial charge on any atom is 0.225 e. The number of aromatic nitrogens is 3. The summed E-state index contributed by atoms with van der Waals surface area (Å²) < 4.78 is 0. The lowest BCUT2D eigenvalue weighted by molar-refractivity contribution is -0.137. The van der Waals surface area contributed by atoms with Crippen molar-refractivity contribution in [1.82, 2.24) is 19.9 Å². The van der Waals surface area contributed by atoms with E-state index < -0.39 is 0 Å². The van der Waals surface area contributed by atoms with Gasteiger partial charge < -0.3 is 10.2 Å². The van der Waals surface area contributed by atoms with Gasteiger partial charge in [0.15, 0.2) is 5.82 Å². The Kier molecular flexibility index (Phi) is 6.66. The average molecular weight is 428 g/mol. The first-order valence-corrected chi connectivity index (χ1v) is 12.2. The van der Waals surface area contributed by atoms with Gasteiger partial charge in [0, 0.05) is 43.2 Å². The van der Waals surface area contributed by atoms with Gasteiger partial charge in [-0.25, -0.2) is 15.0 Å². The smallest absolute Gasteiger partial charge is 0.225 e. The fourth-order valence-corrected chi connectivity index (χ4v) is 5.36. The first-order chi connectivity index (χ1) is 14.5. The van der Waals surface area contributed by atoms with Crippen LogP contribution in [0.15, 0.2) is 12.3 Å². The van der Waals surface area contributed by atoms with Crippen molar-refractivity contribution >= 4 is 23.1 Å². The lowest BCUT2D eigenvalue weighted by atomic mass is 9.86. The first-order valence-electron chi connectivity index (χ1n) is 11.4. The van der Waals surface area contributed by atoms with Gasteiger partial charge in [-0.3, -0.25) is 4.79 Å². The normalized spacial score (nSPS) is 20.5. The lowest BCUT2D eigenvalue weighted by Gasteiger charge is -2.36. The zero-order valence-electron chi connectivity index (χ0n) is 18.4. The maximum atomic E-state index is 13.1. The summed E-state index contributed by atoms with van der Waals surface area (Å²) >= 11 is 1.62. The Labute approximate surface area is 183 Å². The van der Waals surface area contributed by atoms with Crippen molar-refractivity contribution in [3.8, 4) is 10.7 Å². The number of carbonyl (C=O) groups excluding carboxylic acids is 1. The lowest BCUT2D eigenvalue weighted by Crippen LogP contribution is -2.43. The molecule has 1 saturated carbocycles. The van der Waals surface area contributed by atoms with E-state index in [1.54, 1.807) is 11.3 Å². The number of likely N-dealkylation sites (tertiary alicyclic amines) is 1. The molecule has 2 aliphatic rings. The number of aryl methyl sites for hydroxylation is 1. The standard InChI is InChI=1S/C23H33N5OS/c1-15(2)25-21-12-19(26-22(27-21)20-13-24-16(3)30-20)18-10-7-11-28(14-18)23(29)17-8-5-4-6-9-17/h12-13,15,17-18H,4-11,14H2,1-3H3,(H,25,26,27)/t18-/m0/s1. The molecule has 1 saturated heterocycles. The summed E-state index contributed by atoms with van der Waals surface area (Å²) in [6.45, 7) is 7.89. The molecule has 1 atom stereocenters. The van der Waals surface area contributed by atoms with E-state index in [0.29, 0.717) is 11.9 Å². The molecule has 30 heavy (non-hydrogen) atoms. The number of amides is 1. The fourth-order valence-electron chi connectivity index (χ4n) is 4.65. The molecule has 1 amide bonds. The van der Waals surface area contributed by atoms with E-state index in [0.717, 1.165) is 66.0 Å². The molecule has 7 heteroatoms. The Morgan fingerprint density at radius 2 is 1.97 bits per heavy atom. The molecule has 0 bridgehead atoms. The van der Waals surface area contributed by atoms with Crippen molar-refractivity contribution in [2.75, 3.05) is 18.4 Å². The first kappa shape index (κ1) is 21.2. The largest absolute Gasteiger partial charge is 0.368 e. The second-order valence-electron chi connectivity index (χ2n) is 9.00. The second-order valence-corrected chi connectivity index (χ2v) is 10.2. The number of nitrogens with one attached hydrogen (secondary N) is 1. The van der Waals surface area contributed by atoms with Gasteiger partial charge in [-0.15, -0.1) is 11.3 Å². The molecule has 6 nitrogen and oxygen atoms in total. The summed E-state index contributed by atoms with van der Waals surface area (Å²) in [6, 6.07) is 2.37. The van der Waals surface area contributed by atoms with Crippen LogP contribution in [0, 0.1) is 12.8 Å². The van der Waals surface area contributed by atoms with E-state index >= 15 is 0 Å². The average Bonchev–Trinajstić information content (AvgIpc) is 3.19. The molecule has 4 rings (SSSR count). The monoisotopic (exact) mass is 427 g/mol. The summed E-state index contributed by atoms with van der Waals surface area (Å²) in [4.78, 5) is 30.3. The van der Waals surface area contributed by atoms with Crippen LogP contribution in [0.25, 0.3) is 10.7 Å². The molecule has 2 aromatic heterocycles. The van der Waals surface area contributed by atoms with Crippen molar-refractivity contribution in [2.24, 2.45) is 5.92 Å². The number of rotatable bonds is 5. The van der Waals surface area contributed by atoms with Crippen LogP contribution >= 0.6 is 11.3 Å². The van der Waals surface area contributed by atoms with Gasteiger partial charge in [0.2, 0.25) is 5.91 Å². The van der Waals surface area contributed by atoms with Gasteiger partial charge in [-0.1, -0.05) is 19.3 Å². The molecular formula is C23H33N5OS. The van der Waals surface area contributed by atoms with Gasteiger partial charge >= 0.3 is 0 Å². The van der Waals surface area contributed by atoms with E-state index in [2.05, 4.69) is 35.1 Å². The Hall–Kier alpha value is -2.02. The van der Waals surface area contributed by atoms with Crippen LogP contribution in [0.1, 0.15) is 75.4 Å². The number of thiazole rings is 1. The second kappa shape index (κ2) is 9.41. The SMILES string of the molecule is Cc1ncc(-c2nc(NC(C)C)cc([C@H]3CCCN(C(=O)C4CCCCC4)C3)n2)s1. The van der Waals surface area contributed by atoms with Crippen molar-refractivity contribution in [3.05, 3.63) is 23.0 Å². The highest BCUT2D eigenvalue weighted by Gasteiger charge is 2.31. The molecule has 2 fully saturated rings. The zero-order valence-corrected chi connectivity index (χ0v) is 19.2. The molecule has 0 unspecified atom stereocenters. The molecule has 3 heterocycles. The van der Waals surface area contributed by atoms with E-state index in [4.69, 9.17) is 9.97 Å². The Morgan fingerprint density at radius 3 is 2.67 bits per heavy atom. The topological polar surface area (TPSA) is 71.0 Å². The fraction of sp³-hybridized carbons (Fsp3) is 0.652. The molecule has 1 aliphatic heterocycles. The van der Waals surface area contributed by atoms with Crippen LogP contribution in [0.3, 0.4) is 0 Å². The van der Waals surface area contributed by atoms with Crippen molar-refractivity contribution in [2.45, 2.75) is 77.7 Å².